The second-order valence-corrected chi connectivity index (χ2v) is 8.56. The summed E-state index contributed by atoms with van der Waals surface area (Å²) in [7, 11) is -7.99. The molecule has 0 aromatic heterocycles. The minimum Gasteiger partial charge on any atom is -0.282 e. The van der Waals surface area contributed by atoms with E-state index in [4.69, 9.17) is 4.55 Å². The molecule has 0 bridgehead atoms. The lowest BCUT2D eigenvalue weighted by Crippen LogP contribution is -2.17. The molecule has 5 nitrogen and oxygen atoms in total. The van der Waals surface area contributed by atoms with E-state index in [1.807, 2.05) is 20.8 Å². The van der Waals surface area contributed by atoms with Gasteiger partial charge in [0.05, 0.1) is 9.79 Å². The zero-order chi connectivity index (χ0) is 14.4. The van der Waals surface area contributed by atoms with Gasteiger partial charge in [-0.3, -0.25) is 4.55 Å². The molecule has 1 aromatic carbocycles. The molecule has 102 valence electrons. The van der Waals surface area contributed by atoms with Crippen LogP contribution in [0.25, 0.3) is 0 Å². The van der Waals surface area contributed by atoms with Gasteiger partial charge in [0.2, 0.25) is 0 Å². The van der Waals surface area contributed by atoms with Crippen molar-refractivity contribution in [2.45, 2.75) is 36.0 Å². The van der Waals surface area contributed by atoms with E-state index in [2.05, 4.69) is 0 Å². The molecular weight excluding hydrogens is 276 g/mol. The summed E-state index contributed by atoms with van der Waals surface area (Å²) >= 11 is 0. The van der Waals surface area contributed by atoms with Crippen molar-refractivity contribution in [3.05, 3.63) is 23.8 Å². The van der Waals surface area contributed by atoms with E-state index in [1.165, 1.54) is 12.1 Å². The van der Waals surface area contributed by atoms with Crippen LogP contribution in [0.2, 0.25) is 0 Å². The van der Waals surface area contributed by atoms with Crippen LogP contribution >= 0.6 is 0 Å². The first-order valence-electron chi connectivity index (χ1n) is 5.15. The number of sulfone groups is 1. The zero-order valence-corrected chi connectivity index (χ0v) is 12.3. The first-order chi connectivity index (χ1) is 7.83. The summed E-state index contributed by atoms with van der Waals surface area (Å²) < 4.78 is 54.4. The van der Waals surface area contributed by atoms with E-state index < -0.39 is 30.3 Å². The molecule has 1 rings (SSSR count). The van der Waals surface area contributed by atoms with Crippen molar-refractivity contribution in [1.29, 1.82) is 0 Å². The predicted molar refractivity (Wildman–Crippen MR) is 68.1 cm³/mol. The van der Waals surface area contributed by atoms with Gasteiger partial charge < -0.3 is 0 Å². The van der Waals surface area contributed by atoms with Crippen molar-refractivity contribution in [3.63, 3.8) is 0 Å². The highest BCUT2D eigenvalue weighted by molar-refractivity contribution is 7.90. The minimum absolute atomic E-state index is 0.0786. The van der Waals surface area contributed by atoms with Crippen LogP contribution in [-0.4, -0.2) is 27.6 Å². The Morgan fingerprint density at radius 3 is 1.89 bits per heavy atom. The van der Waals surface area contributed by atoms with Crippen LogP contribution in [0.1, 0.15) is 26.3 Å². The van der Waals surface area contributed by atoms with Gasteiger partial charge in [-0.15, -0.1) is 0 Å². The van der Waals surface area contributed by atoms with Crippen LogP contribution in [0.3, 0.4) is 0 Å². The van der Waals surface area contributed by atoms with Crippen molar-refractivity contribution >= 4 is 20.0 Å². The molecule has 0 atom stereocenters. The van der Waals surface area contributed by atoms with Gasteiger partial charge in [-0.2, -0.15) is 8.42 Å². The van der Waals surface area contributed by atoms with Crippen molar-refractivity contribution in [2.75, 3.05) is 6.26 Å². The fourth-order valence-electron chi connectivity index (χ4n) is 1.59. The fourth-order valence-corrected chi connectivity index (χ4v) is 3.29. The van der Waals surface area contributed by atoms with Crippen LogP contribution in [0.5, 0.6) is 0 Å². The second-order valence-electron chi connectivity index (χ2n) is 5.16. The van der Waals surface area contributed by atoms with E-state index in [9.17, 15) is 16.8 Å². The first kappa shape index (κ1) is 15.1. The molecule has 0 unspecified atom stereocenters. The largest absolute Gasteiger partial charge is 0.294 e. The predicted octanol–water partition coefficient (Wildman–Crippen LogP) is 1.63. The normalized spacial score (nSPS) is 13.6. The van der Waals surface area contributed by atoms with E-state index in [-0.39, 0.29) is 4.90 Å². The molecule has 1 aromatic rings. The standard InChI is InChI=1S/C11H16O5S2/c1-11(2,3)9-6-5-8(18(14,15)16)7-10(9)17(4,12)13/h5-7H,1-4H3,(H,14,15,16). The van der Waals surface area contributed by atoms with Crippen molar-refractivity contribution in [2.24, 2.45) is 0 Å². The number of benzene rings is 1. The number of hydrogen-bond acceptors (Lipinski definition) is 4. The average molecular weight is 292 g/mol. The third-order valence-electron chi connectivity index (χ3n) is 2.46. The SMILES string of the molecule is CC(C)(C)c1ccc(S(=O)(=O)O)cc1S(C)(=O)=O. The zero-order valence-electron chi connectivity index (χ0n) is 10.6. The maximum Gasteiger partial charge on any atom is 0.294 e. The van der Waals surface area contributed by atoms with E-state index in [1.54, 1.807) is 0 Å². The minimum atomic E-state index is -4.41. The Morgan fingerprint density at radius 2 is 1.56 bits per heavy atom. The van der Waals surface area contributed by atoms with Crippen molar-refractivity contribution in [1.82, 2.24) is 0 Å². The van der Waals surface area contributed by atoms with Crippen LogP contribution in [-0.2, 0) is 25.4 Å². The summed E-state index contributed by atoms with van der Waals surface area (Å²) in [6.07, 6.45) is 1.01. The summed E-state index contributed by atoms with van der Waals surface area (Å²) in [5, 5.41) is 0. The lowest BCUT2D eigenvalue weighted by atomic mass is 9.87. The Bertz CT molecular complexity index is 664. The Kier molecular flexibility index (Phi) is 3.64. The monoisotopic (exact) mass is 292 g/mol. The molecule has 0 aliphatic rings. The maximum atomic E-state index is 11.7. The number of rotatable bonds is 2. The van der Waals surface area contributed by atoms with Crippen LogP contribution < -0.4 is 0 Å². The van der Waals surface area contributed by atoms with Gasteiger partial charge >= 0.3 is 0 Å². The fraction of sp³-hybridized carbons (Fsp3) is 0.455. The second kappa shape index (κ2) is 4.32. The molecule has 0 saturated carbocycles. The Hall–Kier alpha value is -0.920. The number of hydrogen-bond donors (Lipinski definition) is 1. The maximum absolute atomic E-state index is 11.7. The van der Waals surface area contributed by atoms with E-state index in [0.29, 0.717) is 5.56 Å². The van der Waals surface area contributed by atoms with Gasteiger partial charge in [0, 0.05) is 6.26 Å². The summed E-state index contributed by atoms with van der Waals surface area (Å²) in [4.78, 5) is -0.499. The lowest BCUT2D eigenvalue weighted by molar-refractivity contribution is 0.482. The third-order valence-corrected chi connectivity index (χ3v) is 4.44. The van der Waals surface area contributed by atoms with E-state index in [0.717, 1.165) is 12.3 Å². The van der Waals surface area contributed by atoms with Gasteiger partial charge in [0.1, 0.15) is 0 Å². The molecule has 1 N–H and O–H groups in total. The quantitative estimate of drug-likeness (QED) is 0.837. The van der Waals surface area contributed by atoms with Gasteiger partial charge in [-0.1, -0.05) is 26.8 Å². The summed E-state index contributed by atoms with van der Waals surface area (Å²) in [6.45, 7) is 5.47. The Balaban J connectivity index is 3.71. The third kappa shape index (κ3) is 3.30. The summed E-state index contributed by atoms with van der Waals surface area (Å²) in [5.74, 6) is 0. The van der Waals surface area contributed by atoms with Crippen LogP contribution in [0, 0.1) is 0 Å². The molecule has 0 aliphatic carbocycles. The lowest BCUT2D eigenvalue weighted by Gasteiger charge is -2.22. The molecule has 0 radical (unpaired) electrons. The van der Waals surface area contributed by atoms with Gasteiger partial charge in [-0.05, 0) is 23.1 Å². The molecule has 7 heteroatoms. The molecule has 0 fully saturated rings. The molecular formula is C11H16O5S2. The summed E-state index contributed by atoms with van der Waals surface area (Å²) in [6, 6.07) is 3.61. The molecule has 18 heavy (non-hydrogen) atoms. The molecule has 0 spiro atoms. The smallest absolute Gasteiger partial charge is 0.282 e. The Morgan fingerprint density at radius 1 is 1.06 bits per heavy atom. The topological polar surface area (TPSA) is 88.5 Å². The summed E-state index contributed by atoms with van der Waals surface area (Å²) in [5.41, 5.74) is 0.0632. The highest BCUT2D eigenvalue weighted by atomic mass is 32.2. The van der Waals surface area contributed by atoms with Gasteiger partial charge in [-0.25, -0.2) is 8.42 Å². The van der Waals surface area contributed by atoms with E-state index >= 15 is 0 Å². The van der Waals surface area contributed by atoms with Crippen molar-refractivity contribution in [3.8, 4) is 0 Å². The van der Waals surface area contributed by atoms with Gasteiger partial charge in [0.15, 0.2) is 9.84 Å². The Labute approximate surface area is 108 Å². The molecule has 0 heterocycles. The molecule has 0 amide bonds. The highest BCUT2D eigenvalue weighted by Crippen LogP contribution is 2.30. The average Bonchev–Trinajstić information content (AvgIpc) is 2.12. The highest BCUT2D eigenvalue weighted by Gasteiger charge is 2.25. The molecule has 0 aliphatic heterocycles. The first-order valence-corrected chi connectivity index (χ1v) is 8.49. The van der Waals surface area contributed by atoms with Crippen LogP contribution in [0.4, 0.5) is 0 Å². The van der Waals surface area contributed by atoms with Crippen LogP contribution in [0.15, 0.2) is 28.0 Å². The molecule has 0 saturated heterocycles. The van der Waals surface area contributed by atoms with Crippen molar-refractivity contribution < 1.29 is 21.4 Å². The van der Waals surface area contributed by atoms with Gasteiger partial charge in [0.25, 0.3) is 10.1 Å².